The van der Waals surface area contributed by atoms with Crippen LogP contribution < -0.4 is 5.32 Å². The number of carboxylic acid groups (broad SMARTS) is 1. The molecule has 0 atom stereocenters. The summed E-state index contributed by atoms with van der Waals surface area (Å²) in [5.74, 6) is -0.744. The van der Waals surface area contributed by atoms with E-state index in [-0.39, 0.29) is 5.92 Å². The van der Waals surface area contributed by atoms with Crippen LogP contribution in [0.25, 0.3) is 0 Å². The third-order valence-corrected chi connectivity index (χ3v) is 6.10. The number of carbonyl (C=O) groups is 1. The Morgan fingerprint density at radius 1 is 1.18 bits per heavy atom. The van der Waals surface area contributed by atoms with Gasteiger partial charge in [-0.15, -0.1) is 0 Å². The first-order valence-electron chi connectivity index (χ1n) is 8.31. The van der Waals surface area contributed by atoms with Crippen molar-refractivity contribution in [3.05, 3.63) is 34.3 Å². The maximum Gasteiger partial charge on any atom is 0.306 e. The van der Waals surface area contributed by atoms with Gasteiger partial charge in [-0.2, -0.15) is 0 Å². The van der Waals surface area contributed by atoms with Gasteiger partial charge >= 0.3 is 5.97 Å². The van der Waals surface area contributed by atoms with Crippen molar-refractivity contribution in [1.29, 1.82) is 0 Å². The quantitative estimate of drug-likeness (QED) is 0.825. The number of carboxylic acids is 1. The largest absolute Gasteiger partial charge is 0.481 e. The first kappa shape index (κ1) is 16.0. The van der Waals surface area contributed by atoms with Gasteiger partial charge in [0.05, 0.1) is 5.92 Å². The van der Waals surface area contributed by atoms with Crippen LogP contribution in [-0.4, -0.2) is 23.7 Å². The van der Waals surface area contributed by atoms with Gasteiger partial charge in [-0.25, -0.2) is 0 Å². The van der Waals surface area contributed by atoms with Gasteiger partial charge < -0.3 is 10.4 Å². The Hall–Kier alpha value is -0.870. The molecule has 4 heteroatoms. The lowest BCUT2D eigenvalue weighted by Crippen LogP contribution is -2.47. The highest BCUT2D eigenvalue weighted by Gasteiger charge is 2.39. The molecule has 22 heavy (non-hydrogen) atoms. The fourth-order valence-electron chi connectivity index (χ4n) is 3.86. The SMILES string of the molecule is O=C(O)C1CCC(NCC2(c3ccc(Br)cc3)CCC2)CC1. The lowest BCUT2D eigenvalue weighted by molar-refractivity contribution is -0.142. The second kappa shape index (κ2) is 6.71. The zero-order valence-electron chi connectivity index (χ0n) is 12.9. The fraction of sp³-hybridized carbons (Fsp3) is 0.611. The van der Waals surface area contributed by atoms with E-state index in [0.717, 1.165) is 36.7 Å². The van der Waals surface area contributed by atoms with Crippen molar-refractivity contribution in [3.63, 3.8) is 0 Å². The van der Waals surface area contributed by atoms with Gasteiger partial charge in [0, 0.05) is 22.5 Å². The molecule has 2 aliphatic rings. The molecule has 1 aromatic rings. The number of rotatable bonds is 5. The summed E-state index contributed by atoms with van der Waals surface area (Å²) in [7, 11) is 0. The molecule has 0 aromatic heterocycles. The maximum atomic E-state index is 11.0. The summed E-state index contributed by atoms with van der Waals surface area (Å²) in [4.78, 5) is 11.0. The van der Waals surface area contributed by atoms with Crippen LogP contribution >= 0.6 is 15.9 Å². The van der Waals surface area contributed by atoms with Gasteiger partial charge in [-0.05, 0) is 56.2 Å². The number of hydrogen-bond donors (Lipinski definition) is 2. The van der Waals surface area contributed by atoms with E-state index in [2.05, 4.69) is 45.5 Å². The number of aliphatic carboxylic acids is 1. The molecule has 0 spiro atoms. The molecule has 3 rings (SSSR count). The minimum atomic E-state index is -0.622. The molecule has 0 aliphatic heterocycles. The van der Waals surface area contributed by atoms with E-state index in [9.17, 15) is 4.79 Å². The van der Waals surface area contributed by atoms with E-state index < -0.39 is 5.97 Å². The van der Waals surface area contributed by atoms with Crippen LogP contribution in [0.4, 0.5) is 0 Å². The molecule has 2 fully saturated rings. The van der Waals surface area contributed by atoms with Crippen LogP contribution in [-0.2, 0) is 10.2 Å². The van der Waals surface area contributed by atoms with Crippen LogP contribution in [0.1, 0.15) is 50.5 Å². The summed E-state index contributed by atoms with van der Waals surface area (Å²) in [6.45, 7) is 1.02. The molecular formula is C18H24BrNO2. The van der Waals surface area contributed by atoms with Gasteiger partial charge in [0.25, 0.3) is 0 Å². The molecular weight excluding hydrogens is 342 g/mol. The summed E-state index contributed by atoms with van der Waals surface area (Å²) >= 11 is 3.51. The molecule has 0 amide bonds. The minimum absolute atomic E-state index is 0.123. The maximum absolute atomic E-state index is 11.0. The summed E-state index contributed by atoms with van der Waals surface area (Å²) in [6.07, 6.45) is 7.44. The van der Waals surface area contributed by atoms with E-state index >= 15 is 0 Å². The Morgan fingerprint density at radius 3 is 2.32 bits per heavy atom. The van der Waals surface area contributed by atoms with Gasteiger partial charge in [0.2, 0.25) is 0 Å². The summed E-state index contributed by atoms with van der Waals surface area (Å²) in [5.41, 5.74) is 1.73. The predicted octanol–water partition coefficient (Wildman–Crippen LogP) is 4.10. The Kier molecular flexibility index (Phi) is 4.88. The van der Waals surface area contributed by atoms with Crippen molar-refractivity contribution in [2.24, 2.45) is 5.92 Å². The molecule has 1 aromatic carbocycles. The van der Waals surface area contributed by atoms with Crippen molar-refractivity contribution in [2.45, 2.75) is 56.4 Å². The molecule has 0 unspecified atom stereocenters. The van der Waals surface area contributed by atoms with Crippen molar-refractivity contribution >= 4 is 21.9 Å². The fourth-order valence-corrected chi connectivity index (χ4v) is 4.12. The Balaban J connectivity index is 1.56. The topological polar surface area (TPSA) is 49.3 Å². The molecule has 2 saturated carbocycles. The van der Waals surface area contributed by atoms with E-state index in [1.54, 1.807) is 0 Å². The second-order valence-corrected chi connectivity index (χ2v) is 7.82. The average molecular weight is 366 g/mol. The normalized spacial score (nSPS) is 27.1. The van der Waals surface area contributed by atoms with E-state index in [0.29, 0.717) is 11.5 Å². The molecule has 2 aliphatic carbocycles. The predicted molar refractivity (Wildman–Crippen MR) is 91.1 cm³/mol. The van der Waals surface area contributed by atoms with Crippen LogP contribution in [0, 0.1) is 5.92 Å². The van der Waals surface area contributed by atoms with Crippen molar-refractivity contribution in [1.82, 2.24) is 5.32 Å². The smallest absolute Gasteiger partial charge is 0.306 e. The van der Waals surface area contributed by atoms with E-state index in [1.807, 2.05) is 0 Å². The monoisotopic (exact) mass is 365 g/mol. The Labute approximate surface area is 140 Å². The van der Waals surface area contributed by atoms with Gasteiger partial charge in [0.1, 0.15) is 0 Å². The van der Waals surface area contributed by atoms with Crippen molar-refractivity contribution in [3.8, 4) is 0 Å². The second-order valence-electron chi connectivity index (χ2n) is 6.91. The van der Waals surface area contributed by atoms with Crippen LogP contribution in [0.15, 0.2) is 28.7 Å². The van der Waals surface area contributed by atoms with Gasteiger partial charge in [0.15, 0.2) is 0 Å². The first-order chi connectivity index (χ1) is 10.6. The van der Waals surface area contributed by atoms with E-state index in [1.165, 1.54) is 24.8 Å². The summed E-state index contributed by atoms with van der Waals surface area (Å²) in [6, 6.07) is 9.24. The van der Waals surface area contributed by atoms with Crippen molar-refractivity contribution in [2.75, 3.05) is 6.54 Å². The third-order valence-electron chi connectivity index (χ3n) is 5.57. The molecule has 2 N–H and O–H groups in total. The van der Waals surface area contributed by atoms with Crippen LogP contribution in [0.2, 0.25) is 0 Å². The first-order valence-corrected chi connectivity index (χ1v) is 9.11. The molecule has 0 radical (unpaired) electrons. The lowest BCUT2D eigenvalue weighted by atomic mass is 9.64. The minimum Gasteiger partial charge on any atom is -0.481 e. The number of nitrogens with one attached hydrogen (secondary N) is 1. The van der Waals surface area contributed by atoms with Gasteiger partial charge in [-0.3, -0.25) is 4.79 Å². The van der Waals surface area contributed by atoms with Crippen LogP contribution in [0.5, 0.6) is 0 Å². The van der Waals surface area contributed by atoms with Crippen LogP contribution in [0.3, 0.4) is 0 Å². The highest BCUT2D eigenvalue weighted by atomic mass is 79.9. The Morgan fingerprint density at radius 2 is 1.82 bits per heavy atom. The molecule has 3 nitrogen and oxygen atoms in total. The highest BCUT2D eigenvalue weighted by molar-refractivity contribution is 9.10. The number of halogens is 1. The number of benzene rings is 1. The van der Waals surface area contributed by atoms with Crippen molar-refractivity contribution < 1.29 is 9.90 Å². The lowest BCUT2D eigenvalue weighted by Gasteiger charge is -2.44. The zero-order valence-corrected chi connectivity index (χ0v) is 14.4. The summed E-state index contributed by atoms with van der Waals surface area (Å²) in [5, 5.41) is 12.8. The van der Waals surface area contributed by atoms with Gasteiger partial charge in [-0.1, -0.05) is 34.5 Å². The molecule has 0 saturated heterocycles. The average Bonchev–Trinajstić information content (AvgIpc) is 2.48. The molecule has 120 valence electrons. The number of hydrogen-bond acceptors (Lipinski definition) is 2. The summed E-state index contributed by atoms with van der Waals surface area (Å²) < 4.78 is 1.13. The standard InChI is InChI=1S/C18H24BrNO2/c19-15-6-4-14(5-7-15)18(10-1-11-18)12-20-16-8-2-13(3-9-16)17(21)22/h4-7,13,16,20H,1-3,8-12H2,(H,21,22). The van der Waals surface area contributed by atoms with E-state index in [4.69, 9.17) is 5.11 Å². The zero-order chi connectivity index (χ0) is 15.6. The Bertz CT molecular complexity index is 516. The molecule has 0 heterocycles. The molecule has 0 bridgehead atoms. The highest BCUT2D eigenvalue weighted by Crippen LogP contribution is 2.43. The third kappa shape index (κ3) is 3.38.